The van der Waals surface area contributed by atoms with Crippen molar-refractivity contribution in [2.75, 3.05) is 20.6 Å². The standard InChI is InChI=1S/C14H20N4O/c1-17(2)8-5-9-18-13-7-4-3-6-11(13)12(16-18)10-14(15)19/h3-4,6-7H,5,8-10H2,1-2H3,(H2,15,19). The molecule has 0 saturated heterocycles. The van der Waals surface area contributed by atoms with Crippen molar-refractivity contribution in [2.45, 2.75) is 19.4 Å². The molecule has 2 N–H and O–H groups in total. The van der Waals surface area contributed by atoms with E-state index in [0.717, 1.165) is 36.1 Å². The molecule has 0 unspecified atom stereocenters. The molecule has 0 saturated carbocycles. The van der Waals surface area contributed by atoms with E-state index >= 15 is 0 Å². The van der Waals surface area contributed by atoms with Gasteiger partial charge in [-0.15, -0.1) is 0 Å². The van der Waals surface area contributed by atoms with Crippen LogP contribution in [-0.2, 0) is 17.8 Å². The number of fused-ring (bicyclic) bond motifs is 1. The summed E-state index contributed by atoms with van der Waals surface area (Å²) in [5, 5.41) is 5.54. The number of rotatable bonds is 6. The second kappa shape index (κ2) is 5.84. The maximum Gasteiger partial charge on any atom is 0.223 e. The zero-order valence-electron chi connectivity index (χ0n) is 11.5. The lowest BCUT2D eigenvalue weighted by atomic mass is 10.1. The molecule has 1 aromatic carbocycles. The van der Waals surface area contributed by atoms with Gasteiger partial charge in [-0.1, -0.05) is 18.2 Å². The van der Waals surface area contributed by atoms with Crippen molar-refractivity contribution in [3.8, 4) is 0 Å². The minimum absolute atomic E-state index is 0.196. The number of aromatic nitrogens is 2. The summed E-state index contributed by atoms with van der Waals surface area (Å²) in [6, 6.07) is 7.96. The lowest BCUT2D eigenvalue weighted by Gasteiger charge is -2.09. The molecular formula is C14H20N4O. The average Bonchev–Trinajstić information content (AvgIpc) is 2.67. The van der Waals surface area contributed by atoms with E-state index in [0.29, 0.717) is 0 Å². The molecule has 0 atom stereocenters. The number of para-hydroxylation sites is 1. The number of hydrogen-bond acceptors (Lipinski definition) is 3. The Bertz CT molecular complexity index is 574. The second-order valence-corrected chi connectivity index (χ2v) is 4.99. The summed E-state index contributed by atoms with van der Waals surface area (Å²) in [7, 11) is 4.11. The Labute approximate surface area is 113 Å². The van der Waals surface area contributed by atoms with Crippen molar-refractivity contribution in [1.82, 2.24) is 14.7 Å². The summed E-state index contributed by atoms with van der Waals surface area (Å²) >= 11 is 0. The Hall–Kier alpha value is -1.88. The molecule has 1 amide bonds. The highest BCUT2D eigenvalue weighted by molar-refractivity contribution is 5.87. The van der Waals surface area contributed by atoms with E-state index < -0.39 is 0 Å². The predicted molar refractivity (Wildman–Crippen MR) is 75.8 cm³/mol. The summed E-state index contributed by atoms with van der Waals surface area (Å²) in [6.45, 7) is 1.86. The molecule has 2 aromatic rings. The Balaban J connectivity index is 2.25. The monoisotopic (exact) mass is 260 g/mol. The number of amides is 1. The fourth-order valence-electron chi connectivity index (χ4n) is 2.20. The molecule has 1 heterocycles. The first-order valence-corrected chi connectivity index (χ1v) is 6.45. The van der Waals surface area contributed by atoms with Crippen molar-refractivity contribution >= 4 is 16.8 Å². The molecule has 0 bridgehead atoms. The van der Waals surface area contributed by atoms with E-state index in [9.17, 15) is 4.79 Å². The van der Waals surface area contributed by atoms with E-state index in [2.05, 4.69) is 24.1 Å². The highest BCUT2D eigenvalue weighted by Crippen LogP contribution is 2.19. The van der Waals surface area contributed by atoms with E-state index in [1.54, 1.807) is 0 Å². The molecule has 0 aliphatic heterocycles. The number of nitrogens with two attached hydrogens (primary N) is 1. The molecular weight excluding hydrogens is 240 g/mol. The maximum atomic E-state index is 11.1. The van der Waals surface area contributed by atoms with Crippen LogP contribution in [0.1, 0.15) is 12.1 Å². The SMILES string of the molecule is CN(C)CCCn1nc(CC(N)=O)c2ccccc21. The van der Waals surface area contributed by atoms with Gasteiger partial charge in [0.1, 0.15) is 0 Å². The number of carbonyl (C=O) groups excluding carboxylic acids is 1. The fraction of sp³-hybridized carbons (Fsp3) is 0.429. The first-order chi connectivity index (χ1) is 9.08. The van der Waals surface area contributed by atoms with Gasteiger partial charge >= 0.3 is 0 Å². The van der Waals surface area contributed by atoms with Gasteiger partial charge in [0, 0.05) is 11.9 Å². The predicted octanol–water partition coefficient (Wildman–Crippen LogP) is 1.02. The number of primary amides is 1. The third-order valence-corrected chi connectivity index (χ3v) is 3.05. The molecule has 19 heavy (non-hydrogen) atoms. The summed E-state index contributed by atoms with van der Waals surface area (Å²) < 4.78 is 1.97. The van der Waals surface area contributed by atoms with Crippen molar-refractivity contribution < 1.29 is 4.79 Å². The van der Waals surface area contributed by atoms with Crippen LogP contribution in [0, 0.1) is 0 Å². The van der Waals surface area contributed by atoms with Crippen LogP contribution in [0.4, 0.5) is 0 Å². The smallest absolute Gasteiger partial charge is 0.223 e. The quantitative estimate of drug-likeness (QED) is 0.843. The van der Waals surface area contributed by atoms with Gasteiger partial charge in [0.25, 0.3) is 0 Å². The molecule has 1 aromatic heterocycles. The Morgan fingerprint density at radius 1 is 1.37 bits per heavy atom. The van der Waals surface area contributed by atoms with Gasteiger partial charge < -0.3 is 10.6 Å². The molecule has 0 fully saturated rings. The molecule has 102 valence electrons. The number of hydrogen-bond donors (Lipinski definition) is 1. The molecule has 5 heteroatoms. The Morgan fingerprint density at radius 3 is 2.79 bits per heavy atom. The van der Waals surface area contributed by atoms with Gasteiger partial charge in [-0.3, -0.25) is 9.48 Å². The first kappa shape index (κ1) is 13.5. The van der Waals surface area contributed by atoms with Crippen LogP contribution in [0.2, 0.25) is 0 Å². The molecule has 0 aliphatic rings. The minimum atomic E-state index is -0.344. The first-order valence-electron chi connectivity index (χ1n) is 6.45. The lowest BCUT2D eigenvalue weighted by Crippen LogP contribution is -2.16. The number of nitrogens with zero attached hydrogens (tertiary/aromatic N) is 3. The topological polar surface area (TPSA) is 64.2 Å². The van der Waals surface area contributed by atoms with Gasteiger partial charge in [-0.25, -0.2) is 0 Å². The molecule has 0 spiro atoms. The van der Waals surface area contributed by atoms with Crippen LogP contribution < -0.4 is 5.73 Å². The van der Waals surface area contributed by atoms with Gasteiger partial charge in [-0.2, -0.15) is 5.10 Å². The highest BCUT2D eigenvalue weighted by atomic mass is 16.1. The fourth-order valence-corrected chi connectivity index (χ4v) is 2.20. The zero-order chi connectivity index (χ0) is 13.8. The van der Waals surface area contributed by atoms with Crippen LogP contribution in [0.5, 0.6) is 0 Å². The Morgan fingerprint density at radius 2 is 2.11 bits per heavy atom. The maximum absolute atomic E-state index is 11.1. The Kier molecular flexibility index (Phi) is 4.16. The van der Waals surface area contributed by atoms with Crippen LogP contribution in [0.25, 0.3) is 10.9 Å². The van der Waals surface area contributed by atoms with Crippen LogP contribution in [-0.4, -0.2) is 41.2 Å². The van der Waals surface area contributed by atoms with Crippen molar-refractivity contribution in [3.05, 3.63) is 30.0 Å². The average molecular weight is 260 g/mol. The minimum Gasteiger partial charge on any atom is -0.369 e. The van der Waals surface area contributed by atoms with E-state index in [-0.39, 0.29) is 12.3 Å². The number of benzene rings is 1. The van der Waals surface area contributed by atoms with Gasteiger partial charge in [-0.05, 0) is 33.1 Å². The third-order valence-electron chi connectivity index (χ3n) is 3.05. The van der Waals surface area contributed by atoms with Crippen LogP contribution >= 0.6 is 0 Å². The molecule has 5 nitrogen and oxygen atoms in total. The van der Waals surface area contributed by atoms with Crippen molar-refractivity contribution in [2.24, 2.45) is 5.73 Å². The van der Waals surface area contributed by atoms with Gasteiger partial charge in [0.2, 0.25) is 5.91 Å². The summed E-state index contributed by atoms with van der Waals surface area (Å²) in [5.41, 5.74) is 7.11. The normalized spacial score (nSPS) is 11.3. The summed E-state index contributed by atoms with van der Waals surface area (Å²) in [6.07, 6.45) is 1.22. The summed E-state index contributed by atoms with van der Waals surface area (Å²) in [4.78, 5) is 13.2. The zero-order valence-corrected chi connectivity index (χ0v) is 11.5. The van der Waals surface area contributed by atoms with Crippen molar-refractivity contribution in [3.63, 3.8) is 0 Å². The highest BCUT2D eigenvalue weighted by Gasteiger charge is 2.11. The molecule has 2 rings (SSSR count). The third kappa shape index (κ3) is 3.32. The summed E-state index contributed by atoms with van der Waals surface area (Å²) in [5.74, 6) is -0.344. The molecule has 0 radical (unpaired) electrons. The molecule has 0 aliphatic carbocycles. The van der Waals surface area contributed by atoms with Gasteiger partial charge in [0.05, 0.1) is 17.6 Å². The van der Waals surface area contributed by atoms with Crippen LogP contribution in [0.3, 0.4) is 0 Å². The number of carbonyl (C=O) groups is 1. The largest absolute Gasteiger partial charge is 0.369 e. The number of aryl methyl sites for hydroxylation is 1. The van der Waals surface area contributed by atoms with Crippen molar-refractivity contribution in [1.29, 1.82) is 0 Å². The van der Waals surface area contributed by atoms with E-state index in [4.69, 9.17) is 5.73 Å². The van der Waals surface area contributed by atoms with Gasteiger partial charge in [0.15, 0.2) is 0 Å². The van der Waals surface area contributed by atoms with E-state index in [1.807, 2.05) is 28.9 Å². The lowest BCUT2D eigenvalue weighted by molar-refractivity contribution is -0.117. The van der Waals surface area contributed by atoms with E-state index in [1.165, 1.54) is 0 Å². The van der Waals surface area contributed by atoms with Crippen LogP contribution in [0.15, 0.2) is 24.3 Å². The second-order valence-electron chi connectivity index (χ2n) is 4.99.